The molecular weight excluding hydrogens is 204 g/mol. The van der Waals surface area contributed by atoms with Crippen molar-refractivity contribution in [2.75, 3.05) is 19.1 Å². The maximum absolute atomic E-state index is 8.98. The molecule has 0 aromatic carbocycles. The number of aliphatic hydroxyl groups excluding tert-OH is 1. The van der Waals surface area contributed by atoms with Gasteiger partial charge in [0.05, 0.1) is 12.5 Å². The van der Waals surface area contributed by atoms with Gasteiger partial charge in [0, 0.05) is 13.0 Å². The summed E-state index contributed by atoms with van der Waals surface area (Å²) in [4.78, 5) is 0. The number of alkyl halides is 1. The van der Waals surface area contributed by atoms with Gasteiger partial charge in [0.1, 0.15) is 6.10 Å². The van der Waals surface area contributed by atoms with Gasteiger partial charge in [0.2, 0.25) is 0 Å². The number of halogens is 1. The molecule has 0 aromatic rings. The predicted octanol–water partition coefficient (Wildman–Crippen LogP) is 1.38. The maximum atomic E-state index is 8.98. The first-order chi connectivity index (χ1) is 6.70. The van der Waals surface area contributed by atoms with Crippen LogP contribution >= 0.6 is 11.6 Å². The van der Waals surface area contributed by atoms with Crippen molar-refractivity contribution in [3.05, 3.63) is 0 Å². The molecule has 1 N–H and O–H groups in total. The van der Waals surface area contributed by atoms with E-state index >= 15 is 0 Å². The van der Waals surface area contributed by atoms with Gasteiger partial charge in [-0.05, 0) is 13.8 Å². The van der Waals surface area contributed by atoms with Crippen molar-refractivity contribution in [1.29, 1.82) is 0 Å². The highest BCUT2D eigenvalue weighted by molar-refractivity contribution is 6.18. The summed E-state index contributed by atoms with van der Waals surface area (Å²) in [5, 5.41) is 8.98. The minimum absolute atomic E-state index is 0.142. The van der Waals surface area contributed by atoms with Gasteiger partial charge in [-0.1, -0.05) is 11.8 Å². The van der Waals surface area contributed by atoms with Gasteiger partial charge in [-0.3, -0.25) is 0 Å². The lowest BCUT2D eigenvalue weighted by Gasteiger charge is -2.10. The van der Waals surface area contributed by atoms with Crippen molar-refractivity contribution in [1.82, 2.24) is 0 Å². The van der Waals surface area contributed by atoms with Crippen LogP contribution in [-0.2, 0) is 9.47 Å². The molecule has 0 fully saturated rings. The summed E-state index contributed by atoms with van der Waals surface area (Å²) in [6.45, 7) is 4.89. The normalized spacial score (nSPS) is 14.3. The highest BCUT2D eigenvalue weighted by Gasteiger charge is 1.98. The van der Waals surface area contributed by atoms with E-state index in [4.69, 9.17) is 26.2 Å². The third-order valence-electron chi connectivity index (χ3n) is 1.40. The minimum atomic E-state index is -0.735. The second-order valence-electron chi connectivity index (χ2n) is 2.63. The molecule has 3 nitrogen and oxygen atoms in total. The molecule has 2 unspecified atom stereocenters. The fourth-order valence-corrected chi connectivity index (χ4v) is 0.864. The van der Waals surface area contributed by atoms with E-state index in [2.05, 4.69) is 11.8 Å². The molecule has 0 rings (SSSR count). The van der Waals surface area contributed by atoms with Crippen LogP contribution in [0.25, 0.3) is 0 Å². The van der Waals surface area contributed by atoms with Crippen LogP contribution in [0, 0.1) is 11.8 Å². The van der Waals surface area contributed by atoms with Crippen molar-refractivity contribution in [3.63, 3.8) is 0 Å². The summed E-state index contributed by atoms with van der Waals surface area (Å²) < 4.78 is 10.4. The van der Waals surface area contributed by atoms with Crippen molar-refractivity contribution in [3.8, 4) is 11.8 Å². The third-order valence-corrected chi connectivity index (χ3v) is 1.69. The van der Waals surface area contributed by atoms with E-state index in [0.29, 0.717) is 19.6 Å². The summed E-state index contributed by atoms with van der Waals surface area (Å²) in [5.41, 5.74) is 0. The fourth-order valence-electron chi connectivity index (χ4n) is 0.787. The van der Waals surface area contributed by atoms with Crippen molar-refractivity contribution in [2.24, 2.45) is 0 Å². The second-order valence-corrected chi connectivity index (χ2v) is 2.94. The second kappa shape index (κ2) is 9.29. The smallest absolute Gasteiger partial charge is 0.154 e. The summed E-state index contributed by atoms with van der Waals surface area (Å²) in [6, 6.07) is 0. The molecule has 0 aliphatic rings. The van der Waals surface area contributed by atoms with E-state index in [9.17, 15) is 0 Å². The number of aliphatic hydroxyl groups is 1. The average Bonchev–Trinajstić information content (AvgIpc) is 2.17. The summed E-state index contributed by atoms with van der Waals surface area (Å²) in [6.07, 6.45) is -0.355. The number of rotatable bonds is 6. The largest absolute Gasteiger partial charge is 0.379 e. The molecule has 0 amide bonds. The van der Waals surface area contributed by atoms with Crippen molar-refractivity contribution in [2.45, 2.75) is 32.7 Å². The van der Waals surface area contributed by atoms with Crippen LogP contribution in [0.15, 0.2) is 0 Å². The zero-order chi connectivity index (χ0) is 10.8. The molecule has 0 aliphatic carbocycles. The standard InChI is InChI=1S/C10H17ClO3/c1-3-13-9(2)14-7-5-4-6-10(12)8-11/h9-10,12H,3,5,7-8H2,1-2H3. The van der Waals surface area contributed by atoms with Crippen molar-refractivity contribution >= 4 is 11.6 Å². The molecule has 0 saturated carbocycles. The predicted molar refractivity (Wildman–Crippen MR) is 56.2 cm³/mol. The van der Waals surface area contributed by atoms with Gasteiger partial charge in [0.25, 0.3) is 0 Å². The van der Waals surface area contributed by atoms with Crippen LogP contribution < -0.4 is 0 Å². The van der Waals surface area contributed by atoms with Gasteiger partial charge < -0.3 is 14.6 Å². The third kappa shape index (κ3) is 8.33. The molecule has 0 radical (unpaired) electrons. The van der Waals surface area contributed by atoms with E-state index in [0.717, 1.165) is 0 Å². The minimum Gasteiger partial charge on any atom is -0.379 e. The van der Waals surface area contributed by atoms with E-state index in [-0.39, 0.29) is 12.2 Å². The average molecular weight is 221 g/mol. The Balaban J connectivity index is 3.39. The summed E-state index contributed by atoms with van der Waals surface area (Å²) in [7, 11) is 0. The Bertz CT molecular complexity index is 186. The molecule has 0 aromatic heterocycles. The van der Waals surface area contributed by atoms with Crippen molar-refractivity contribution < 1.29 is 14.6 Å². The Hall–Kier alpha value is -0.270. The first-order valence-electron chi connectivity index (χ1n) is 4.66. The van der Waals surface area contributed by atoms with Crippen LogP contribution in [0.1, 0.15) is 20.3 Å². The molecule has 0 aliphatic heterocycles. The number of hydrogen-bond acceptors (Lipinski definition) is 3. The Morgan fingerprint density at radius 1 is 1.43 bits per heavy atom. The summed E-state index contributed by atoms with van der Waals surface area (Å²) >= 11 is 5.35. The molecule has 0 heterocycles. The van der Waals surface area contributed by atoms with Gasteiger partial charge >= 0.3 is 0 Å². The van der Waals surface area contributed by atoms with Crippen LogP contribution in [0.3, 0.4) is 0 Å². The highest BCUT2D eigenvalue weighted by atomic mass is 35.5. The SMILES string of the molecule is CCOC(C)OCCC#CC(O)CCl. The Kier molecular flexibility index (Phi) is 9.11. The van der Waals surface area contributed by atoms with Crippen LogP contribution in [0.4, 0.5) is 0 Å². The van der Waals surface area contributed by atoms with E-state index < -0.39 is 6.10 Å². The molecule has 14 heavy (non-hydrogen) atoms. The first-order valence-corrected chi connectivity index (χ1v) is 5.19. The monoisotopic (exact) mass is 220 g/mol. The Morgan fingerprint density at radius 3 is 2.71 bits per heavy atom. The van der Waals surface area contributed by atoms with Gasteiger partial charge in [-0.2, -0.15) is 0 Å². The maximum Gasteiger partial charge on any atom is 0.154 e. The number of hydrogen-bond donors (Lipinski definition) is 1. The van der Waals surface area contributed by atoms with E-state index in [1.807, 2.05) is 13.8 Å². The number of ether oxygens (including phenoxy) is 2. The van der Waals surface area contributed by atoms with E-state index in [1.165, 1.54) is 0 Å². The molecule has 0 bridgehead atoms. The molecule has 0 saturated heterocycles. The lowest BCUT2D eigenvalue weighted by molar-refractivity contribution is -0.125. The van der Waals surface area contributed by atoms with Crippen LogP contribution in [0.5, 0.6) is 0 Å². The molecule has 82 valence electrons. The van der Waals surface area contributed by atoms with Gasteiger partial charge in [0.15, 0.2) is 6.29 Å². The summed E-state index contributed by atoms with van der Waals surface area (Å²) in [5.74, 6) is 5.50. The topological polar surface area (TPSA) is 38.7 Å². The molecular formula is C10H17ClO3. The van der Waals surface area contributed by atoms with Gasteiger partial charge in [-0.25, -0.2) is 0 Å². The molecule has 2 atom stereocenters. The molecule has 4 heteroatoms. The van der Waals surface area contributed by atoms with Crippen LogP contribution in [-0.4, -0.2) is 36.6 Å². The fraction of sp³-hybridized carbons (Fsp3) is 0.800. The quantitative estimate of drug-likeness (QED) is 0.318. The zero-order valence-electron chi connectivity index (χ0n) is 8.62. The lowest BCUT2D eigenvalue weighted by atomic mass is 10.3. The lowest BCUT2D eigenvalue weighted by Crippen LogP contribution is -2.13. The Morgan fingerprint density at radius 2 is 2.14 bits per heavy atom. The first kappa shape index (κ1) is 13.7. The zero-order valence-corrected chi connectivity index (χ0v) is 9.38. The highest BCUT2D eigenvalue weighted by Crippen LogP contribution is 1.94. The Labute approximate surface area is 90.3 Å². The van der Waals surface area contributed by atoms with Crippen LogP contribution in [0.2, 0.25) is 0 Å². The van der Waals surface area contributed by atoms with Gasteiger partial charge in [-0.15, -0.1) is 11.6 Å². The van der Waals surface area contributed by atoms with E-state index in [1.54, 1.807) is 0 Å². The molecule has 0 spiro atoms.